The molecule has 0 fully saturated rings. The number of aryl methyl sites for hydroxylation is 2. The Morgan fingerprint density at radius 2 is 1.59 bits per heavy atom. The fraction of sp³-hybridized carbons (Fsp3) is 0.167. The van der Waals surface area contributed by atoms with Crippen molar-refractivity contribution in [2.45, 2.75) is 20.4 Å². The first-order chi connectivity index (χ1) is 15.0. The Labute approximate surface area is 187 Å². The fourth-order valence-corrected chi connectivity index (χ4v) is 4.04. The highest BCUT2D eigenvalue weighted by Gasteiger charge is 2.19. The highest BCUT2D eigenvalue weighted by atomic mass is 32.2. The molecule has 0 bridgehead atoms. The topological polar surface area (TPSA) is 110 Å². The Bertz CT molecular complexity index is 1270. The lowest BCUT2D eigenvalue weighted by molar-refractivity contribution is 0.0996. The zero-order valence-electron chi connectivity index (χ0n) is 18.1. The second-order valence-electron chi connectivity index (χ2n) is 7.63. The number of rotatable bonds is 7. The van der Waals surface area contributed by atoms with E-state index in [0.717, 1.165) is 16.7 Å². The number of anilines is 2. The molecule has 2 amide bonds. The molecule has 0 heterocycles. The number of benzene rings is 3. The van der Waals surface area contributed by atoms with Gasteiger partial charge in [-0.05, 0) is 73.0 Å². The van der Waals surface area contributed by atoms with Crippen LogP contribution in [0.4, 0.5) is 11.4 Å². The number of hydrogen-bond acceptors (Lipinski definition) is 4. The van der Waals surface area contributed by atoms with Gasteiger partial charge in [-0.1, -0.05) is 24.3 Å². The maximum absolute atomic E-state index is 12.5. The minimum Gasteiger partial charge on any atom is -0.366 e. The SMILES string of the molecule is Cc1ccc(N(Cc2ccc(C(=O)Nc3cccc(C(N)=O)c3)cc2)S(C)(=O)=O)cc1C. The van der Waals surface area contributed by atoms with Gasteiger partial charge in [0.1, 0.15) is 0 Å². The zero-order valence-corrected chi connectivity index (χ0v) is 18.9. The third-order valence-corrected chi connectivity index (χ3v) is 6.27. The molecule has 0 aromatic heterocycles. The molecule has 3 aromatic carbocycles. The number of hydrogen-bond donors (Lipinski definition) is 2. The molecule has 0 aliphatic heterocycles. The van der Waals surface area contributed by atoms with E-state index in [9.17, 15) is 18.0 Å². The van der Waals surface area contributed by atoms with Gasteiger partial charge in [-0.3, -0.25) is 13.9 Å². The number of nitrogens with two attached hydrogens (primary N) is 1. The molecule has 166 valence electrons. The van der Waals surface area contributed by atoms with Crippen molar-refractivity contribution < 1.29 is 18.0 Å². The lowest BCUT2D eigenvalue weighted by atomic mass is 10.1. The predicted octanol–water partition coefficient (Wildman–Crippen LogP) is 3.62. The van der Waals surface area contributed by atoms with E-state index in [1.165, 1.54) is 16.6 Å². The van der Waals surface area contributed by atoms with Crippen molar-refractivity contribution in [1.82, 2.24) is 0 Å². The summed E-state index contributed by atoms with van der Waals surface area (Å²) in [4.78, 5) is 23.9. The van der Waals surface area contributed by atoms with Crippen LogP contribution in [-0.2, 0) is 16.6 Å². The summed E-state index contributed by atoms with van der Waals surface area (Å²) in [5.41, 5.74) is 9.83. The third kappa shape index (κ3) is 5.53. The van der Waals surface area contributed by atoms with Crippen LogP contribution < -0.4 is 15.4 Å². The van der Waals surface area contributed by atoms with Crippen molar-refractivity contribution in [3.05, 3.63) is 94.5 Å². The van der Waals surface area contributed by atoms with Crippen LogP contribution in [0.15, 0.2) is 66.7 Å². The monoisotopic (exact) mass is 451 g/mol. The smallest absolute Gasteiger partial charge is 0.255 e. The van der Waals surface area contributed by atoms with Crippen molar-refractivity contribution in [1.29, 1.82) is 0 Å². The van der Waals surface area contributed by atoms with Crippen LogP contribution in [0.5, 0.6) is 0 Å². The highest BCUT2D eigenvalue weighted by Crippen LogP contribution is 2.24. The number of sulfonamides is 1. The zero-order chi connectivity index (χ0) is 23.5. The molecule has 0 unspecified atom stereocenters. The summed E-state index contributed by atoms with van der Waals surface area (Å²) in [6, 6.07) is 18.6. The van der Waals surface area contributed by atoms with Crippen molar-refractivity contribution in [2.24, 2.45) is 5.73 Å². The first kappa shape index (κ1) is 23.0. The maximum Gasteiger partial charge on any atom is 0.255 e. The van der Waals surface area contributed by atoms with Crippen molar-refractivity contribution in [3.63, 3.8) is 0 Å². The van der Waals surface area contributed by atoms with E-state index < -0.39 is 15.9 Å². The summed E-state index contributed by atoms with van der Waals surface area (Å²) in [5.74, 6) is -0.933. The van der Waals surface area contributed by atoms with Crippen LogP contribution in [-0.4, -0.2) is 26.5 Å². The summed E-state index contributed by atoms with van der Waals surface area (Å²) in [7, 11) is -3.51. The lowest BCUT2D eigenvalue weighted by Crippen LogP contribution is -2.29. The standard InChI is InChI=1S/C24H25N3O4S/c1-16-7-12-22(13-17(16)2)27(32(3,30)31)15-18-8-10-19(11-9-18)24(29)26-21-6-4-5-20(14-21)23(25)28/h4-14H,15H2,1-3H3,(H2,25,28)(H,26,29). The summed E-state index contributed by atoms with van der Waals surface area (Å²) >= 11 is 0. The molecule has 0 saturated heterocycles. The molecule has 0 spiro atoms. The Kier molecular flexibility index (Phi) is 6.64. The van der Waals surface area contributed by atoms with Crippen molar-refractivity contribution in [3.8, 4) is 0 Å². The summed E-state index contributed by atoms with van der Waals surface area (Å²) in [5, 5.41) is 2.72. The molecule has 0 radical (unpaired) electrons. The van der Waals surface area contributed by atoms with Crippen LogP contribution in [0.2, 0.25) is 0 Å². The average molecular weight is 452 g/mol. The number of amides is 2. The van der Waals surface area contributed by atoms with Gasteiger partial charge >= 0.3 is 0 Å². The molecule has 3 rings (SSSR count). The Morgan fingerprint density at radius 3 is 2.19 bits per heavy atom. The van der Waals surface area contributed by atoms with Gasteiger partial charge in [0.25, 0.3) is 5.91 Å². The van der Waals surface area contributed by atoms with E-state index in [4.69, 9.17) is 5.73 Å². The fourth-order valence-electron chi connectivity index (χ4n) is 3.16. The second-order valence-corrected chi connectivity index (χ2v) is 9.54. The number of nitrogens with one attached hydrogen (secondary N) is 1. The number of carbonyl (C=O) groups excluding carboxylic acids is 2. The van der Waals surface area contributed by atoms with Gasteiger partial charge < -0.3 is 11.1 Å². The molecule has 0 aliphatic rings. The van der Waals surface area contributed by atoms with Gasteiger partial charge in [-0.25, -0.2) is 8.42 Å². The van der Waals surface area contributed by atoms with E-state index in [0.29, 0.717) is 22.5 Å². The van der Waals surface area contributed by atoms with Gasteiger partial charge in [0.05, 0.1) is 18.5 Å². The molecule has 3 N–H and O–H groups in total. The molecule has 0 aliphatic carbocycles. The molecule has 0 saturated carbocycles. The van der Waals surface area contributed by atoms with Gasteiger partial charge in [0.15, 0.2) is 0 Å². The van der Waals surface area contributed by atoms with Gasteiger partial charge in [0, 0.05) is 16.8 Å². The Balaban J connectivity index is 1.77. The minimum absolute atomic E-state index is 0.143. The van der Waals surface area contributed by atoms with E-state index in [2.05, 4.69) is 5.32 Å². The summed E-state index contributed by atoms with van der Waals surface area (Å²) < 4.78 is 26.2. The summed E-state index contributed by atoms with van der Waals surface area (Å²) in [6.45, 7) is 4.05. The van der Waals surface area contributed by atoms with Crippen LogP contribution in [0.1, 0.15) is 37.4 Å². The Morgan fingerprint density at radius 1 is 0.906 bits per heavy atom. The molecule has 7 nitrogen and oxygen atoms in total. The van der Waals surface area contributed by atoms with E-state index in [1.807, 2.05) is 26.0 Å². The largest absolute Gasteiger partial charge is 0.366 e. The lowest BCUT2D eigenvalue weighted by Gasteiger charge is -2.23. The van der Waals surface area contributed by atoms with E-state index in [1.54, 1.807) is 48.5 Å². The first-order valence-corrected chi connectivity index (χ1v) is 11.7. The van der Waals surface area contributed by atoms with Crippen LogP contribution in [0.25, 0.3) is 0 Å². The Hall–Kier alpha value is -3.65. The number of nitrogens with zero attached hydrogens (tertiary/aromatic N) is 1. The molecule has 3 aromatic rings. The van der Waals surface area contributed by atoms with Gasteiger partial charge in [-0.2, -0.15) is 0 Å². The average Bonchev–Trinajstić information content (AvgIpc) is 2.74. The van der Waals surface area contributed by atoms with Crippen LogP contribution >= 0.6 is 0 Å². The quantitative estimate of drug-likeness (QED) is 0.572. The van der Waals surface area contributed by atoms with Crippen molar-refractivity contribution in [2.75, 3.05) is 15.9 Å². The summed E-state index contributed by atoms with van der Waals surface area (Å²) in [6.07, 6.45) is 1.17. The van der Waals surface area contributed by atoms with Gasteiger partial charge in [-0.15, -0.1) is 0 Å². The predicted molar refractivity (Wildman–Crippen MR) is 126 cm³/mol. The third-order valence-electron chi connectivity index (χ3n) is 5.13. The molecular formula is C24H25N3O4S. The van der Waals surface area contributed by atoms with Crippen molar-refractivity contribution >= 4 is 33.2 Å². The van der Waals surface area contributed by atoms with E-state index in [-0.39, 0.29) is 12.5 Å². The normalized spacial score (nSPS) is 11.1. The van der Waals surface area contributed by atoms with Gasteiger partial charge in [0.2, 0.25) is 15.9 Å². The first-order valence-electron chi connectivity index (χ1n) is 9.90. The number of carbonyl (C=O) groups is 2. The highest BCUT2D eigenvalue weighted by molar-refractivity contribution is 7.92. The van der Waals surface area contributed by atoms with E-state index >= 15 is 0 Å². The second kappa shape index (κ2) is 9.23. The molecule has 8 heteroatoms. The van der Waals surface area contributed by atoms with Crippen LogP contribution in [0.3, 0.4) is 0 Å². The molecular weight excluding hydrogens is 426 g/mol. The molecule has 0 atom stereocenters. The molecule has 32 heavy (non-hydrogen) atoms. The minimum atomic E-state index is -3.51. The maximum atomic E-state index is 12.5. The number of primary amides is 1. The van der Waals surface area contributed by atoms with Crippen LogP contribution in [0, 0.1) is 13.8 Å².